The number of furan rings is 1. The van der Waals surface area contributed by atoms with Crippen molar-refractivity contribution in [3.8, 4) is 11.5 Å². The average molecular weight is 442 g/mol. The van der Waals surface area contributed by atoms with Crippen molar-refractivity contribution in [1.29, 1.82) is 0 Å². The maximum Gasteiger partial charge on any atom is 0.253 e. The van der Waals surface area contributed by atoms with Crippen molar-refractivity contribution >= 4 is 15.9 Å². The van der Waals surface area contributed by atoms with Gasteiger partial charge in [0.05, 0.1) is 17.7 Å². The van der Waals surface area contributed by atoms with Crippen molar-refractivity contribution < 1.29 is 27.1 Å². The number of fused-ring (bicyclic) bond motifs is 1. The van der Waals surface area contributed by atoms with Gasteiger partial charge in [-0.2, -0.15) is 0 Å². The number of hydrogen-bond acceptors (Lipinski definition) is 6. The van der Waals surface area contributed by atoms with Gasteiger partial charge in [-0.15, -0.1) is 0 Å². The molecule has 1 aliphatic heterocycles. The van der Waals surface area contributed by atoms with Gasteiger partial charge in [-0.25, -0.2) is 13.1 Å². The lowest BCUT2D eigenvalue weighted by Crippen LogP contribution is -2.27. The Morgan fingerprint density at radius 1 is 1.03 bits per heavy atom. The number of carbonyl (C=O) groups excluding carboxylic acids is 1. The fourth-order valence-electron chi connectivity index (χ4n) is 3.19. The lowest BCUT2D eigenvalue weighted by molar-refractivity contribution is 0.0784. The Hall–Kier alpha value is -3.30. The van der Waals surface area contributed by atoms with E-state index in [-0.39, 0.29) is 17.3 Å². The molecule has 0 bridgehead atoms. The Kier molecular flexibility index (Phi) is 5.97. The number of nitrogens with zero attached hydrogens (tertiary/aromatic N) is 1. The first-order valence-electron chi connectivity index (χ1n) is 9.68. The first kappa shape index (κ1) is 21.0. The summed E-state index contributed by atoms with van der Waals surface area (Å²) >= 11 is 0. The van der Waals surface area contributed by atoms with Crippen LogP contribution in [0.5, 0.6) is 11.5 Å². The first-order chi connectivity index (χ1) is 14.9. The molecule has 1 aliphatic rings. The number of rotatable bonds is 7. The third-order valence-electron chi connectivity index (χ3n) is 4.80. The number of benzene rings is 2. The zero-order valence-electron chi connectivity index (χ0n) is 16.9. The standard InChI is InChI=1S/C22H22N2O6S/c1-24(15-16-4-9-20-21(13-16)30-12-11-29-20)22(25)17-5-7-19(8-6-17)31(26,27)23-14-18-3-2-10-28-18/h2-10,13,23H,11-12,14-15H2,1H3. The summed E-state index contributed by atoms with van der Waals surface area (Å²) in [5.74, 6) is 1.65. The summed E-state index contributed by atoms with van der Waals surface area (Å²) in [6.45, 7) is 1.44. The molecule has 0 saturated carbocycles. The van der Waals surface area contributed by atoms with Crippen LogP contribution >= 0.6 is 0 Å². The highest BCUT2D eigenvalue weighted by molar-refractivity contribution is 7.89. The van der Waals surface area contributed by atoms with E-state index in [0.717, 1.165) is 5.56 Å². The van der Waals surface area contributed by atoms with Gasteiger partial charge in [-0.05, 0) is 54.1 Å². The van der Waals surface area contributed by atoms with Crippen molar-refractivity contribution in [2.45, 2.75) is 18.0 Å². The molecule has 31 heavy (non-hydrogen) atoms. The molecule has 0 aliphatic carbocycles. The molecule has 0 unspecified atom stereocenters. The highest BCUT2D eigenvalue weighted by Gasteiger charge is 2.18. The molecule has 2 heterocycles. The topological polar surface area (TPSA) is 98.1 Å². The summed E-state index contributed by atoms with van der Waals surface area (Å²) in [7, 11) is -2.03. The molecule has 1 N–H and O–H groups in total. The first-order valence-corrected chi connectivity index (χ1v) is 11.2. The highest BCUT2D eigenvalue weighted by atomic mass is 32.2. The summed E-state index contributed by atoms with van der Waals surface area (Å²) in [6, 6.07) is 14.8. The van der Waals surface area contributed by atoms with Crippen molar-refractivity contribution in [3.05, 3.63) is 77.7 Å². The molecule has 0 spiro atoms. The van der Waals surface area contributed by atoms with Gasteiger partial charge in [-0.3, -0.25) is 4.79 Å². The minimum Gasteiger partial charge on any atom is -0.486 e. The van der Waals surface area contributed by atoms with Gasteiger partial charge < -0.3 is 18.8 Å². The number of carbonyl (C=O) groups is 1. The van der Waals surface area contributed by atoms with Gasteiger partial charge in [0.15, 0.2) is 11.5 Å². The second kappa shape index (κ2) is 8.83. The van der Waals surface area contributed by atoms with E-state index in [1.165, 1.54) is 30.5 Å². The van der Waals surface area contributed by atoms with E-state index in [4.69, 9.17) is 13.9 Å². The monoisotopic (exact) mass is 442 g/mol. The Morgan fingerprint density at radius 3 is 2.48 bits per heavy atom. The predicted octanol–water partition coefficient (Wildman–Crippen LogP) is 2.80. The van der Waals surface area contributed by atoms with Crippen LogP contribution in [0.15, 0.2) is 70.2 Å². The molecule has 2 aromatic carbocycles. The number of amides is 1. The maximum atomic E-state index is 12.8. The molecule has 0 saturated heterocycles. The van der Waals surface area contributed by atoms with E-state index in [9.17, 15) is 13.2 Å². The second-order valence-electron chi connectivity index (χ2n) is 7.07. The second-order valence-corrected chi connectivity index (χ2v) is 8.83. The molecule has 8 nitrogen and oxygen atoms in total. The molecule has 162 valence electrons. The summed E-state index contributed by atoms with van der Waals surface area (Å²) in [5.41, 5.74) is 1.30. The number of sulfonamides is 1. The quantitative estimate of drug-likeness (QED) is 0.604. The third-order valence-corrected chi connectivity index (χ3v) is 6.22. The van der Waals surface area contributed by atoms with Gasteiger partial charge >= 0.3 is 0 Å². The molecule has 9 heteroatoms. The SMILES string of the molecule is CN(Cc1ccc2c(c1)OCCO2)C(=O)c1ccc(S(=O)(=O)NCc2ccco2)cc1. The fourth-order valence-corrected chi connectivity index (χ4v) is 4.18. The van der Waals surface area contributed by atoms with Crippen LogP contribution in [-0.4, -0.2) is 39.5 Å². The van der Waals surface area contributed by atoms with Crippen molar-refractivity contribution in [2.75, 3.05) is 20.3 Å². The van der Waals surface area contributed by atoms with Gasteiger partial charge in [0.1, 0.15) is 19.0 Å². The predicted molar refractivity (Wildman–Crippen MR) is 112 cm³/mol. The minimum absolute atomic E-state index is 0.0499. The van der Waals surface area contributed by atoms with E-state index in [0.29, 0.717) is 42.6 Å². The maximum absolute atomic E-state index is 12.8. The summed E-state index contributed by atoms with van der Waals surface area (Å²) < 4.78 is 43.6. The zero-order valence-corrected chi connectivity index (χ0v) is 17.7. The van der Waals surface area contributed by atoms with Crippen LogP contribution < -0.4 is 14.2 Å². The average Bonchev–Trinajstić information content (AvgIpc) is 3.31. The number of ether oxygens (including phenoxy) is 2. The van der Waals surface area contributed by atoms with Gasteiger partial charge in [0.2, 0.25) is 10.0 Å². The molecule has 4 rings (SSSR count). The van der Waals surface area contributed by atoms with Crippen molar-refractivity contribution in [2.24, 2.45) is 0 Å². The number of nitrogens with one attached hydrogen (secondary N) is 1. The van der Waals surface area contributed by atoms with Crippen LogP contribution in [0, 0.1) is 0 Å². The van der Waals surface area contributed by atoms with E-state index in [1.807, 2.05) is 18.2 Å². The van der Waals surface area contributed by atoms with E-state index in [2.05, 4.69) is 4.72 Å². The van der Waals surface area contributed by atoms with E-state index >= 15 is 0 Å². The Balaban J connectivity index is 1.40. The van der Waals surface area contributed by atoms with Crippen molar-refractivity contribution in [1.82, 2.24) is 9.62 Å². The molecule has 0 fully saturated rings. The Morgan fingerprint density at radius 2 is 1.77 bits per heavy atom. The van der Waals surface area contributed by atoms with Crippen LogP contribution in [0.1, 0.15) is 21.7 Å². The lowest BCUT2D eigenvalue weighted by Gasteiger charge is -2.21. The van der Waals surface area contributed by atoms with E-state index < -0.39 is 10.0 Å². The Labute approximate surface area is 180 Å². The Bertz CT molecular complexity index is 1160. The highest BCUT2D eigenvalue weighted by Crippen LogP contribution is 2.31. The number of hydrogen-bond donors (Lipinski definition) is 1. The molecule has 1 aromatic heterocycles. The van der Waals surface area contributed by atoms with E-state index in [1.54, 1.807) is 24.1 Å². The van der Waals surface area contributed by atoms with Crippen LogP contribution in [0.25, 0.3) is 0 Å². The molecule has 0 atom stereocenters. The van der Waals surface area contributed by atoms with Crippen LogP contribution in [0.4, 0.5) is 0 Å². The van der Waals surface area contributed by atoms with Crippen LogP contribution in [0.3, 0.4) is 0 Å². The fraction of sp³-hybridized carbons (Fsp3) is 0.227. The zero-order chi connectivity index (χ0) is 21.8. The summed E-state index contributed by atoms with van der Waals surface area (Å²) in [4.78, 5) is 14.4. The summed E-state index contributed by atoms with van der Waals surface area (Å²) in [5, 5.41) is 0. The van der Waals surface area contributed by atoms with Crippen molar-refractivity contribution in [3.63, 3.8) is 0 Å². The largest absolute Gasteiger partial charge is 0.486 e. The molecule has 0 radical (unpaired) electrons. The van der Waals surface area contributed by atoms with Crippen LogP contribution in [-0.2, 0) is 23.1 Å². The third kappa shape index (κ3) is 4.89. The van der Waals surface area contributed by atoms with Gasteiger partial charge in [0, 0.05) is 19.2 Å². The molecule has 1 amide bonds. The molecular weight excluding hydrogens is 420 g/mol. The molecular formula is C22H22N2O6S. The lowest BCUT2D eigenvalue weighted by atomic mass is 10.1. The van der Waals surface area contributed by atoms with Gasteiger partial charge in [0.25, 0.3) is 5.91 Å². The summed E-state index contributed by atoms with van der Waals surface area (Å²) in [6.07, 6.45) is 1.48. The minimum atomic E-state index is -3.72. The van der Waals surface area contributed by atoms with Gasteiger partial charge in [-0.1, -0.05) is 6.07 Å². The normalized spacial score (nSPS) is 13.1. The molecule has 3 aromatic rings. The van der Waals surface area contributed by atoms with Crippen LogP contribution in [0.2, 0.25) is 0 Å². The smallest absolute Gasteiger partial charge is 0.253 e.